The van der Waals surface area contributed by atoms with Crippen molar-refractivity contribution < 1.29 is 19.5 Å². The van der Waals surface area contributed by atoms with Gasteiger partial charge in [0, 0.05) is 19.1 Å². The lowest BCUT2D eigenvalue weighted by Crippen LogP contribution is -2.61. The number of carbonyl (C=O) groups is 3. The summed E-state index contributed by atoms with van der Waals surface area (Å²) in [5.41, 5.74) is 0. The van der Waals surface area contributed by atoms with Gasteiger partial charge in [-0.15, -0.1) is 0 Å². The number of nitrogens with zero attached hydrogens (tertiary/aromatic N) is 1. The number of rotatable bonds is 5. The normalized spacial score (nSPS) is 25.7. The second-order valence-electron chi connectivity index (χ2n) is 6.25. The van der Waals surface area contributed by atoms with Crippen molar-refractivity contribution >= 4 is 17.9 Å². The minimum absolute atomic E-state index is 0.202. The molecule has 2 saturated carbocycles. The van der Waals surface area contributed by atoms with E-state index >= 15 is 0 Å². The van der Waals surface area contributed by atoms with E-state index in [-0.39, 0.29) is 24.4 Å². The monoisotopic (exact) mass is 295 g/mol. The minimum atomic E-state index is -1.07. The Bertz CT molecular complexity index is 447. The van der Waals surface area contributed by atoms with Crippen LogP contribution in [0, 0.1) is 11.8 Å². The first-order valence-corrected chi connectivity index (χ1v) is 7.63. The SMILES string of the molecule is O=C(O)CC1C(=O)NCCN1C(=O)NC(C1CC1)C1CC1. The van der Waals surface area contributed by atoms with Crippen LogP contribution in [0.1, 0.15) is 32.1 Å². The molecule has 0 bridgehead atoms. The Labute approximate surface area is 123 Å². The molecule has 1 heterocycles. The highest BCUT2D eigenvalue weighted by Gasteiger charge is 2.44. The van der Waals surface area contributed by atoms with Gasteiger partial charge in [-0.2, -0.15) is 0 Å². The Morgan fingerprint density at radius 2 is 1.90 bits per heavy atom. The smallest absolute Gasteiger partial charge is 0.318 e. The number of urea groups is 1. The topological polar surface area (TPSA) is 98.7 Å². The molecular formula is C14H21N3O4. The quantitative estimate of drug-likeness (QED) is 0.673. The second kappa shape index (κ2) is 5.54. The number of hydrogen-bond donors (Lipinski definition) is 3. The molecule has 1 unspecified atom stereocenters. The Morgan fingerprint density at radius 3 is 2.43 bits per heavy atom. The summed E-state index contributed by atoms with van der Waals surface area (Å²) in [7, 11) is 0. The molecule has 116 valence electrons. The molecule has 3 amide bonds. The Balaban J connectivity index is 1.65. The van der Waals surface area contributed by atoms with E-state index < -0.39 is 12.0 Å². The lowest BCUT2D eigenvalue weighted by Gasteiger charge is -2.35. The zero-order valence-corrected chi connectivity index (χ0v) is 11.9. The Morgan fingerprint density at radius 1 is 1.29 bits per heavy atom. The molecule has 3 fully saturated rings. The first-order chi connectivity index (χ1) is 10.1. The van der Waals surface area contributed by atoms with Crippen molar-refractivity contribution in [3.63, 3.8) is 0 Å². The van der Waals surface area contributed by atoms with Gasteiger partial charge in [-0.3, -0.25) is 9.59 Å². The molecular weight excluding hydrogens is 274 g/mol. The van der Waals surface area contributed by atoms with Gasteiger partial charge < -0.3 is 20.6 Å². The number of piperazine rings is 1. The molecule has 3 rings (SSSR count). The average molecular weight is 295 g/mol. The van der Waals surface area contributed by atoms with Crippen LogP contribution < -0.4 is 10.6 Å². The lowest BCUT2D eigenvalue weighted by atomic mass is 10.1. The van der Waals surface area contributed by atoms with Crippen LogP contribution in [0.2, 0.25) is 0 Å². The van der Waals surface area contributed by atoms with E-state index in [9.17, 15) is 14.4 Å². The van der Waals surface area contributed by atoms with Gasteiger partial charge in [-0.05, 0) is 37.5 Å². The predicted octanol–water partition coefficient (Wildman–Crippen LogP) is 0.160. The van der Waals surface area contributed by atoms with E-state index in [2.05, 4.69) is 10.6 Å². The van der Waals surface area contributed by atoms with E-state index in [4.69, 9.17) is 5.11 Å². The maximum absolute atomic E-state index is 12.5. The zero-order valence-electron chi connectivity index (χ0n) is 11.9. The summed E-state index contributed by atoms with van der Waals surface area (Å²) in [6.45, 7) is 0.734. The molecule has 3 N–H and O–H groups in total. The van der Waals surface area contributed by atoms with Gasteiger partial charge in [0.15, 0.2) is 0 Å². The van der Waals surface area contributed by atoms with Gasteiger partial charge in [0.25, 0.3) is 0 Å². The highest BCUT2D eigenvalue weighted by Crippen LogP contribution is 2.44. The molecule has 0 radical (unpaired) electrons. The molecule has 21 heavy (non-hydrogen) atoms. The summed E-state index contributed by atoms with van der Waals surface area (Å²) in [4.78, 5) is 36.6. The number of carboxylic acids is 1. The van der Waals surface area contributed by atoms with Gasteiger partial charge in [-0.25, -0.2) is 4.79 Å². The lowest BCUT2D eigenvalue weighted by molar-refractivity contribution is -0.142. The number of aliphatic carboxylic acids is 1. The summed E-state index contributed by atoms with van der Waals surface area (Å²) in [6, 6.07) is -0.997. The maximum Gasteiger partial charge on any atom is 0.318 e. The van der Waals surface area contributed by atoms with Crippen LogP contribution in [-0.2, 0) is 9.59 Å². The van der Waals surface area contributed by atoms with Crippen molar-refractivity contribution in [1.29, 1.82) is 0 Å². The number of hydrogen-bond acceptors (Lipinski definition) is 3. The second-order valence-corrected chi connectivity index (χ2v) is 6.25. The van der Waals surface area contributed by atoms with Crippen molar-refractivity contribution in [1.82, 2.24) is 15.5 Å². The molecule has 7 nitrogen and oxygen atoms in total. The van der Waals surface area contributed by atoms with Crippen molar-refractivity contribution in [3.05, 3.63) is 0 Å². The molecule has 0 aromatic rings. The molecule has 7 heteroatoms. The summed E-state index contributed by atoms with van der Waals surface area (Å²) < 4.78 is 0. The standard InChI is InChI=1S/C14H21N3O4/c18-11(19)7-10-13(20)15-5-6-17(10)14(21)16-12(8-1-2-8)9-3-4-9/h8-10,12H,1-7H2,(H,15,20)(H,16,21)(H,18,19). The van der Waals surface area contributed by atoms with Crippen molar-refractivity contribution in [2.45, 2.75) is 44.2 Å². The number of carboxylic acid groups (broad SMARTS) is 1. The number of amides is 3. The third-order valence-electron chi connectivity index (χ3n) is 4.51. The Hall–Kier alpha value is -1.79. The van der Waals surface area contributed by atoms with Crippen molar-refractivity contribution in [2.75, 3.05) is 13.1 Å². The van der Waals surface area contributed by atoms with Gasteiger partial charge >= 0.3 is 12.0 Å². The highest BCUT2D eigenvalue weighted by molar-refractivity contribution is 5.91. The largest absolute Gasteiger partial charge is 0.481 e. The fourth-order valence-electron chi connectivity index (χ4n) is 3.08. The molecule has 0 aromatic heterocycles. The summed E-state index contributed by atoms with van der Waals surface area (Å²) >= 11 is 0. The predicted molar refractivity (Wildman–Crippen MR) is 73.5 cm³/mol. The van der Waals surface area contributed by atoms with Crippen LogP contribution in [0.15, 0.2) is 0 Å². The molecule has 2 aliphatic carbocycles. The first kappa shape index (κ1) is 14.2. The summed E-state index contributed by atoms with van der Waals surface area (Å²) in [5.74, 6) is -0.319. The third kappa shape index (κ3) is 3.28. The van der Waals surface area contributed by atoms with E-state index in [1.54, 1.807) is 0 Å². The maximum atomic E-state index is 12.5. The molecule has 1 aliphatic heterocycles. The van der Waals surface area contributed by atoms with E-state index in [1.165, 1.54) is 4.90 Å². The van der Waals surface area contributed by atoms with Gasteiger partial charge in [-0.1, -0.05) is 0 Å². The molecule has 0 spiro atoms. The minimum Gasteiger partial charge on any atom is -0.481 e. The Kier molecular flexibility index (Phi) is 3.73. The van der Waals surface area contributed by atoms with E-state index in [0.29, 0.717) is 24.9 Å². The van der Waals surface area contributed by atoms with Gasteiger partial charge in [0.05, 0.1) is 6.42 Å². The van der Waals surface area contributed by atoms with Crippen molar-refractivity contribution in [2.24, 2.45) is 11.8 Å². The first-order valence-electron chi connectivity index (χ1n) is 7.63. The van der Waals surface area contributed by atoms with Crippen LogP contribution in [0.3, 0.4) is 0 Å². The van der Waals surface area contributed by atoms with Crippen LogP contribution in [0.25, 0.3) is 0 Å². The third-order valence-corrected chi connectivity index (χ3v) is 4.51. The molecule has 0 aromatic carbocycles. The number of nitrogens with one attached hydrogen (secondary N) is 2. The molecule has 1 saturated heterocycles. The van der Waals surface area contributed by atoms with Crippen LogP contribution in [-0.4, -0.2) is 53.1 Å². The van der Waals surface area contributed by atoms with Crippen LogP contribution >= 0.6 is 0 Å². The number of carbonyl (C=O) groups excluding carboxylic acids is 2. The molecule has 3 aliphatic rings. The van der Waals surface area contributed by atoms with Crippen molar-refractivity contribution in [3.8, 4) is 0 Å². The fraction of sp³-hybridized carbons (Fsp3) is 0.786. The summed E-state index contributed by atoms with van der Waals surface area (Å²) in [6.07, 6.45) is 4.26. The van der Waals surface area contributed by atoms with E-state index in [1.807, 2.05) is 0 Å². The fourth-order valence-corrected chi connectivity index (χ4v) is 3.08. The zero-order chi connectivity index (χ0) is 15.0. The average Bonchev–Trinajstić information content (AvgIpc) is 3.29. The van der Waals surface area contributed by atoms with Gasteiger partial charge in [0.1, 0.15) is 6.04 Å². The van der Waals surface area contributed by atoms with Gasteiger partial charge in [0.2, 0.25) is 5.91 Å². The van der Waals surface area contributed by atoms with Crippen LogP contribution in [0.4, 0.5) is 4.79 Å². The van der Waals surface area contributed by atoms with Crippen LogP contribution in [0.5, 0.6) is 0 Å². The highest BCUT2D eigenvalue weighted by atomic mass is 16.4. The molecule has 1 atom stereocenters. The van der Waals surface area contributed by atoms with E-state index in [0.717, 1.165) is 25.7 Å². The summed E-state index contributed by atoms with van der Waals surface area (Å²) in [5, 5.41) is 14.6.